The number of hydrogen-bond acceptors (Lipinski definition) is 9. The SMILES string of the molecule is CCCCOc1nc(N)c2c(n1)N(Cc1ccc(N3CCC(N(C)C)CC3)nc1)CC=N2. The van der Waals surface area contributed by atoms with Crippen LogP contribution in [0.25, 0.3) is 0 Å². The maximum atomic E-state index is 6.14. The lowest BCUT2D eigenvalue weighted by atomic mass is 10.0. The summed E-state index contributed by atoms with van der Waals surface area (Å²) in [6.45, 7) is 6.10. The van der Waals surface area contributed by atoms with E-state index in [0.29, 0.717) is 49.1 Å². The van der Waals surface area contributed by atoms with Crippen LogP contribution in [0.3, 0.4) is 0 Å². The van der Waals surface area contributed by atoms with Crippen LogP contribution in [-0.2, 0) is 6.54 Å². The number of fused-ring (bicyclic) bond motifs is 1. The molecular weight excluding hydrogens is 404 g/mol. The Balaban J connectivity index is 1.43. The van der Waals surface area contributed by atoms with Crippen molar-refractivity contribution >= 4 is 29.4 Å². The molecule has 1 saturated heterocycles. The van der Waals surface area contributed by atoms with E-state index >= 15 is 0 Å². The number of piperidine rings is 1. The van der Waals surface area contributed by atoms with Gasteiger partial charge in [0.05, 0.1) is 13.2 Å². The Morgan fingerprint density at radius 1 is 1.19 bits per heavy atom. The summed E-state index contributed by atoms with van der Waals surface area (Å²) in [5.74, 6) is 2.10. The molecule has 2 aromatic heterocycles. The number of anilines is 3. The Hall–Kier alpha value is -2.94. The van der Waals surface area contributed by atoms with E-state index in [1.807, 2.05) is 12.4 Å². The van der Waals surface area contributed by atoms with Crippen molar-refractivity contribution in [3.8, 4) is 6.01 Å². The van der Waals surface area contributed by atoms with Crippen molar-refractivity contribution in [1.82, 2.24) is 19.9 Å². The van der Waals surface area contributed by atoms with Crippen LogP contribution >= 0.6 is 0 Å². The summed E-state index contributed by atoms with van der Waals surface area (Å²) in [6, 6.07) is 5.25. The first-order valence-electron chi connectivity index (χ1n) is 11.5. The van der Waals surface area contributed by atoms with Crippen LogP contribution in [0.4, 0.5) is 23.1 Å². The Kier molecular flexibility index (Phi) is 7.04. The van der Waals surface area contributed by atoms with Crippen LogP contribution in [0.2, 0.25) is 0 Å². The molecule has 9 heteroatoms. The molecule has 2 N–H and O–H groups in total. The van der Waals surface area contributed by atoms with E-state index in [1.54, 1.807) is 0 Å². The van der Waals surface area contributed by atoms with Gasteiger partial charge in [-0.3, -0.25) is 4.99 Å². The average molecular weight is 439 g/mol. The molecule has 0 aliphatic carbocycles. The molecule has 32 heavy (non-hydrogen) atoms. The number of aliphatic imine (C=N–C) groups is 1. The lowest BCUT2D eigenvalue weighted by molar-refractivity contribution is 0.249. The van der Waals surface area contributed by atoms with Crippen molar-refractivity contribution in [2.24, 2.45) is 4.99 Å². The number of ether oxygens (including phenoxy) is 1. The van der Waals surface area contributed by atoms with Gasteiger partial charge in [0, 0.05) is 38.1 Å². The lowest BCUT2D eigenvalue weighted by Gasteiger charge is -2.35. The zero-order valence-electron chi connectivity index (χ0n) is 19.4. The van der Waals surface area contributed by atoms with Gasteiger partial charge in [-0.15, -0.1) is 0 Å². The van der Waals surface area contributed by atoms with Crippen LogP contribution in [0.5, 0.6) is 6.01 Å². The molecule has 4 rings (SSSR count). The highest BCUT2D eigenvalue weighted by Crippen LogP contribution is 2.35. The van der Waals surface area contributed by atoms with Gasteiger partial charge >= 0.3 is 6.01 Å². The van der Waals surface area contributed by atoms with E-state index in [-0.39, 0.29) is 0 Å². The van der Waals surface area contributed by atoms with Crippen molar-refractivity contribution in [2.45, 2.75) is 45.2 Å². The monoisotopic (exact) mass is 438 g/mol. The van der Waals surface area contributed by atoms with E-state index < -0.39 is 0 Å². The molecule has 0 unspecified atom stereocenters. The van der Waals surface area contributed by atoms with Gasteiger partial charge in [-0.05, 0) is 45.0 Å². The molecule has 1 fully saturated rings. The Morgan fingerprint density at radius 3 is 2.69 bits per heavy atom. The molecule has 0 spiro atoms. The fourth-order valence-corrected chi connectivity index (χ4v) is 4.14. The summed E-state index contributed by atoms with van der Waals surface area (Å²) in [5, 5.41) is 0. The number of nitrogens with zero attached hydrogens (tertiary/aromatic N) is 7. The van der Waals surface area contributed by atoms with Crippen LogP contribution in [0, 0.1) is 0 Å². The molecule has 9 nitrogen and oxygen atoms in total. The number of pyridine rings is 1. The van der Waals surface area contributed by atoms with Crippen LogP contribution in [0.15, 0.2) is 23.3 Å². The molecule has 2 aliphatic heterocycles. The first-order valence-corrected chi connectivity index (χ1v) is 11.5. The second kappa shape index (κ2) is 10.1. The average Bonchev–Trinajstić information content (AvgIpc) is 2.80. The maximum absolute atomic E-state index is 6.14. The topological polar surface area (TPSA) is 96.0 Å². The highest BCUT2D eigenvalue weighted by atomic mass is 16.5. The minimum Gasteiger partial charge on any atom is -0.463 e. The summed E-state index contributed by atoms with van der Waals surface area (Å²) < 4.78 is 5.70. The van der Waals surface area contributed by atoms with Crippen molar-refractivity contribution in [3.63, 3.8) is 0 Å². The van der Waals surface area contributed by atoms with Gasteiger partial charge in [-0.25, -0.2) is 4.98 Å². The number of aromatic nitrogens is 3. The second-order valence-electron chi connectivity index (χ2n) is 8.66. The van der Waals surface area contributed by atoms with E-state index in [0.717, 1.165) is 37.3 Å². The second-order valence-corrected chi connectivity index (χ2v) is 8.66. The molecule has 0 aromatic carbocycles. The quantitative estimate of drug-likeness (QED) is 0.629. The third kappa shape index (κ3) is 5.09. The predicted octanol–water partition coefficient (Wildman–Crippen LogP) is 2.89. The van der Waals surface area contributed by atoms with E-state index in [2.05, 4.69) is 62.8 Å². The molecule has 0 saturated carbocycles. The highest BCUT2D eigenvalue weighted by molar-refractivity contribution is 5.84. The number of hydrogen-bond donors (Lipinski definition) is 1. The van der Waals surface area contributed by atoms with Gasteiger partial charge < -0.3 is 25.2 Å². The molecular formula is C23H34N8O. The van der Waals surface area contributed by atoms with Crippen LogP contribution < -0.4 is 20.3 Å². The molecule has 0 bridgehead atoms. The summed E-state index contributed by atoms with van der Waals surface area (Å²) >= 11 is 0. The van der Waals surface area contributed by atoms with E-state index in [1.165, 1.54) is 12.8 Å². The smallest absolute Gasteiger partial charge is 0.320 e. The Bertz CT molecular complexity index is 922. The van der Waals surface area contributed by atoms with Crippen molar-refractivity contribution in [1.29, 1.82) is 0 Å². The van der Waals surface area contributed by atoms with Crippen LogP contribution in [0.1, 0.15) is 38.2 Å². The molecule has 172 valence electrons. The fourth-order valence-electron chi connectivity index (χ4n) is 4.14. The van der Waals surface area contributed by atoms with Crippen molar-refractivity contribution in [2.75, 3.05) is 55.9 Å². The minimum atomic E-state index is 0.311. The lowest BCUT2D eigenvalue weighted by Crippen LogP contribution is -2.42. The minimum absolute atomic E-state index is 0.311. The van der Waals surface area contributed by atoms with Gasteiger partial charge in [0.1, 0.15) is 11.5 Å². The first-order chi connectivity index (χ1) is 15.5. The Labute approximate surface area is 190 Å². The molecule has 2 aliphatic rings. The molecule has 4 heterocycles. The number of nitrogens with two attached hydrogens (primary N) is 1. The van der Waals surface area contributed by atoms with Gasteiger partial charge in [0.2, 0.25) is 0 Å². The van der Waals surface area contributed by atoms with Gasteiger partial charge in [0.15, 0.2) is 11.6 Å². The Morgan fingerprint density at radius 2 is 2.00 bits per heavy atom. The zero-order valence-corrected chi connectivity index (χ0v) is 19.4. The largest absolute Gasteiger partial charge is 0.463 e. The fraction of sp³-hybridized carbons (Fsp3) is 0.565. The van der Waals surface area contributed by atoms with Crippen molar-refractivity contribution in [3.05, 3.63) is 23.9 Å². The number of rotatable bonds is 8. The molecule has 0 radical (unpaired) electrons. The van der Waals surface area contributed by atoms with Crippen LogP contribution in [-0.4, -0.2) is 72.4 Å². The molecule has 0 amide bonds. The summed E-state index contributed by atoms with van der Waals surface area (Å²) in [6.07, 6.45) is 8.15. The number of nitrogen functional groups attached to an aromatic ring is 1. The summed E-state index contributed by atoms with van der Waals surface area (Å²) in [5.41, 5.74) is 7.86. The third-order valence-corrected chi connectivity index (χ3v) is 6.12. The standard InChI is InChI=1S/C23H34N8O/c1-4-5-14-32-23-27-21(24)20-22(28-23)31(13-10-25-20)16-17-6-7-19(26-15-17)30-11-8-18(9-12-30)29(2)3/h6-7,10,15,18H,4-5,8-9,11-14,16H2,1-3H3,(H2,24,27,28). The highest BCUT2D eigenvalue weighted by Gasteiger charge is 2.23. The molecule has 2 aromatic rings. The predicted molar refractivity (Wildman–Crippen MR) is 129 cm³/mol. The van der Waals surface area contributed by atoms with Gasteiger partial charge in [0.25, 0.3) is 0 Å². The van der Waals surface area contributed by atoms with Gasteiger partial charge in [-0.2, -0.15) is 9.97 Å². The summed E-state index contributed by atoms with van der Waals surface area (Å²) in [4.78, 5) is 24.9. The third-order valence-electron chi connectivity index (χ3n) is 6.12. The molecule has 0 atom stereocenters. The van der Waals surface area contributed by atoms with Crippen molar-refractivity contribution < 1.29 is 4.74 Å². The normalized spacial score (nSPS) is 16.5. The zero-order chi connectivity index (χ0) is 22.5. The van der Waals surface area contributed by atoms with E-state index in [4.69, 9.17) is 15.5 Å². The number of unbranched alkanes of at least 4 members (excludes halogenated alkanes) is 1. The summed E-state index contributed by atoms with van der Waals surface area (Å²) in [7, 11) is 4.32. The maximum Gasteiger partial charge on any atom is 0.320 e. The van der Waals surface area contributed by atoms with E-state index in [9.17, 15) is 0 Å². The van der Waals surface area contributed by atoms with Gasteiger partial charge in [-0.1, -0.05) is 19.4 Å². The first kappa shape index (κ1) is 22.3.